The number of amides is 1. The molecule has 3 rings (SSSR count). The molecule has 0 saturated carbocycles. The molecule has 1 unspecified atom stereocenters. The van der Waals surface area contributed by atoms with Gasteiger partial charge >= 0.3 is 0 Å². The van der Waals surface area contributed by atoms with E-state index in [1.165, 1.54) is 17.8 Å². The fraction of sp³-hybridized carbons (Fsp3) is 0.444. The summed E-state index contributed by atoms with van der Waals surface area (Å²) in [5.41, 5.74) is 1.56. The Morgan fingerprint density at radius 3 is 2.92 bits per heavy atom. The molecular weight excluding hydrogens is 322 g/mol. The largest absolute Gasteiger partial charge is 0.497 e. The summed E-state index contributed by atoms with van der Waals surface area (Å²) in [6.07, 6.45) is 2.24. The first-order chi connectivity index (χ1) is 11.7. The van der Waals surface area contributed by atoms with Gasteiger partial charge in [-0.05, 0) is 56.6 Å². The lowest BCUT2D eigenvalue weighted by molar-refractivity contribution is 0.0669. The number of rotatable bonds is 5. The highest BCUT2D eigenvalue weighted by Crippen LogP contribution is 2.27. The Labute approximate surface area is 146 Å². The van der Waals surface area contributed by atoms with Crippen LogP contribution in [0, 0.1) is 5.92 Å². The number of ether oxygens (including phenoxy) is 1. The van der Waals surface area contributed by atoms with Crippen LogP contribution in [0.15, 0.2) is 29.6 Å². The van der Waals surface area contributed by atoms with Crippen molar-refractivity contribution in [2.75, 3.05) is 33.8 Å². The average molecular weight is 345 g/mol. The molecule has 1 aliphatic heterocycles. The zero-order valence-electron chi connectivity index (χ0n) is 14.1. The summed E-state index contributed by atoms with van der Waals surface area (Å²) in [5, 5.41) is 5.94. The summed E-state index contributed by atoms with van der Waals surface area (Å²) in [4.78, 5) is 19.2. The predicted molar refractivity (Wildman–Crippen MR) is 96.7 cm³/mol. The van der Waals surface area contributed by atoms with Crippen molar-refractivity contribution in [3.63, 3.8) is 0 Å². The topological polar surface area (TPSA) is 54.5 Å². The van der Waals surface area contributed by atoms with Gasteiger partial charge < -0.3 is 15.0 Å². The average Bonchev–Trinajstić information content (AvgIpc) is 3.12. The van der Waals surface area contributed by atoms with E-state index in [1.807, 2.05) is 41.6 Å². The molecule has 24 heavy (non-hydrogen) atoms. The van der Waals surface area contributed by atoms with Gasteiger partial charge in [-0.1, -0.05) is 0 Å². The highest BCUT2D eigenvalue weighted by molar-refractivity contribution is 7.13. The number of likely N-dealkylation sites (tertiary alicyclic amines) is 1. The minimum absolute atomic E-state index is 0.0480. The Morgan fingerprint density at radius 1 is 1.42 bits per heavy atom. The fourth-order valence-electron chi connectivity index (χ4n) is 3.10. The molecule has 1 aliphatic rings. The molecule has 0 radical (unpaired) electrons. The fourth-order valence-corrected chi connectivity index (χ4v) is 3.90. The summed E-state index contributed by atoms with van der Waals surface area (Å²) in [6, 6.07) is 7.75. The Balaban J connectivity index is 1.71. The van der Waals surface area contributed by atoms with E-state index in [9.17, 15) is 4.79 Å². The first-order valence-electron chi connectivity index (χ1n) is 8.25. The smallest absolute Gasteiger partial charge is 0.273 e. The van der Waals surface area contributed by atoms with E-state index in [1.54, 1.807) is 7.11 Å². The second-order valence-corrected chi connectivity index (χ2v) is 6.94. The van der Waals surface area contributed by atoms with Gasteiger partial charge in [0.1, 0.15) is 16.5 Å². The molecule has 0 aliphatic carbocycles. The van der Waals surface area contributed by atoms with Gasteiger partial charge in [0, 0.05) is 24.0 Å². The van der Waals surface area contributed by atoms with Crippen molar-refractivity contribution in [2.24, 2.45) is 5.92 Å². The van der Waals surface area contributed by atoms with Gasteiger partial charge in [0.2, 0.25) is 0 Å². The van der Waals surface area contributed by atoms with E-state index >= 15 is 0 Å². The Kier molecular flexibility index (Phi) is 5.48. The van der Waals surface area contributed by atoms with Crippen molar-refractivity contribution >= 4 is 17.2 Å². The van der Waals surface area contributed by atoms with Crippen LogP contribution < -0.4 is 10.1 Å². The quantitative estimate of drug-likeness (QED) is 0.905. The van der Waals surface area contributed by atoms with E-state index in [0.29, 0.717) is 11.6 Å². The number of nitrogens with one attached hydrogen (secondary N) is 1. The molecular formula is C18H23N3O2S. The number of methoxy groups -OCH3 is 1. The lowest BCUT2D eigenvalue weighted by Gasteiger charge is -2.32. The van der Waals surface area contributed by atoms with Crippen molar-refractivity contribution in [1.29, 1.82) is 0 Å². The molecule has 2 heterocycles. The van der Waals surface area contributed by atoms with Crippen LogP contribution in [-0.4, -0.2) is 49.6 Å². The van der Waals surface area contributed by atoms with Crippen LogP contribution >= 0.6 is 11.3 Å². The van der Waals surface area contributed by atoms with E-state index < -0.39 is 0 Å². The lowest BCUT2D eigenvalue weighted by atomic mass is 9.98. The molecule has 2 aromatic rings. The normalized spacial score (nSPS) is 17.8. The first-order valence-corrected chi connectivity index (χ1v) is 9.13. The van der Waals surface area contributed by atoms with E-state index in [0.717, 1.165) is 42.4 Å². The Hall–Kier alpha value is -1.92. The third kappa shape index (κ3) is 3.76. The van der Waals surface area contributed by atoms with Crippen LogP contribution in [0.25, 0.3) is 10.6 Å². The van der Waals surface area contributed by atoms with E-state index in [4.69, 9.17) is 4.74 Å². The minimum Gasteiger partial charge on any atom is -0.497 e. The monoisotopic (exact) mass is 345 g/mol. The molecule has 1 N–H and O–H groups in total. The van der Waals surface area contributed by atoms with E-state index in [-0.39, 0.29) is 5.91 Å². The Bertz CT molecular complexity index is 682. The second kappa shape index (κ2) is 7.77. The van der Waals surface area contributed by atoms with Gasteiger partial charge in [-0.25, -0.2) is 4.98 Å². The highest BCUT2D eigenvalue weighted by atomic mass is 32.1. The van der Waals surface area contributed by atoms with Gasteiger partial charge in [0.05, 0.1) is 7.11 Å². The van der Waals surface area contributed by atoms with Crippen LogP contribution in [0.1, 0.15) is 23.3 Å². The molecule has 1 amide bonds. The number of hydrogen-bond acceptors (Lipinski definition) is 5. The number of piperidine rings is 1. The maximum absolute atomic E-state index is 12.7. The third-order valence-electron chi connectivity index (χ3n) is 4.36. The van der Waals surface area contributed by atoms with Crippen molar-refractivity contribution in [3.8, 4) is 16.3 Å². The number of benzene rings is 1. The summed E-state index contributed by atoms with van der Waals surface area (Å²) < 4.78 is 5.17. The Morgan fingerprint density at radius 2 is 2.21 bits per heavy atom. The minimum atomic E-state index is 0.0480. The van der Waals surface area contributed by atoms with Crippen LogP contribution in [0.4, 0.5) is 0 Å². The lowest BCUT2D eigenvalue weighted by Crippen LogP contribution is -2.42. The van der Waals surface area contributed by atoms with Crippen molar-refractivity contribution in [3.05, 3.63) is 35.3 Å². The molecule has 5 nitrogen and oxygen atoms in total. The number of carbonyl (C=O) groups excluding carboxylic acids is 1. The summed E-state index contributed by atoms with van der Waals surface area (Å²) >= 11 is 1.51. The second-order valence-electron chi connectivity index (χ2n) is 6.08. The van der Waals surface area contributed by atoms with Gasteiger partial charge in [-0.3, -0.25) is 4.79 Å². The zero-order valence-corrected chi connectivity index (χ0v) is 14.9. The van der Waals surface area contributed by atoms with Crippen LogP contribution in [0.5, 0.6) is 5.75 Å². The number of aromatic nitrogens is 1. The molecule has 1 saturated heterocycles. The van der Waals surface area contributed by atoms with Crippen molar-refractivity contribution < 1.29 is 9.53 Å². The molecule has 1 aromatic heterocycles. The molecule has 1 aromatic carbocycles. The molecule has 0 bridgehead atoms. The molecule has 6 heteroatoms. The summed E-state index contributed by atoms with van der Waals surface area (Å²) in [6.45, 7) is 2.60. The highest BCUT2D eigenvalue weighted by Gasteiger charge is 2.25. The van der Waals surface area contributed by atoms with Gasteiger partial charge in [-0.15, -0.1) is 11.3 Å². The van der Waals surface area contributed by atoms with E-state index in [2.05, 4.69) is 10.3 Å². The van der Waals surface area contributed by atoms with Crippen molar-refractivity contribution in [1.82, 2.24) is 15.2 Å². The molecule has 0 spiro atoms. The number of nitrogens with zero attached hydrogens (tertiary/aromatic N) is 2. The standard InChI is InChI=1S/C18H23N3O2S/c1-19-10-13-4-3-9-21(11-13)18(22)16-12-24-17(20-16)14-5-7-15(23-2)8-6-14/h5-8,12-13,19H,3-4,9-11H2,1-2H3. The molecule has 1 atom stereocenters. The predicted octanol–water partition coefficient (Wildman–Crippen LogP) is 2.89. The SMILES string of the molecule is CNCC1CCCN(C(=O)c2csc(-c3ccc(OC)cc3)n2)C1. The third-order valence-corrected chi connectivity index (χ3v) is 5.25. The zero-order chi connectivity index (χ0) is 16.9. The summed E-state index contributed by atoms with van der Waals surface area (Å²) in [5.74, 6) is 1.40. The number of thiazole rings is 1. The number of hydrogen-bond donors (Lipinski definition) is 1. The van der Waals surface area contributed by atoms with Crippen LogP contribution in [0.2, 0.25) is 0 Å². The molecule has 1 fully saturated rings. The summed E-state index contributed by atoms with van der Waals surface area (Å²) in [7, 11) is 3.61. The van der Waals surface area contributed by atoms with Crippen LogP contribution in [0.3, 0.4) is 0 Å². The van der Waals surface area contributed by atoms with Gasteiger partial charge in [0.15, 0.2) is 0 Å². The van der Waals surface area contributed by atoms with Gasteiger partial charge in [-0.2, -0.15) is 0 Å². The van der Waals surface area contributed by atoms with Gasteiger partial charge in [0.25, 0.3) is 5.91 Å². The molecule has 128 valence electrons. The number of carbonyl (C=O) groups is 1. The van der Waals surface area contributed by atoms with Crippen molar-refractivity contribution in [2.45, 2.75) is 12.8 Å². The van der Waals surface area contributed by atoms with Crippen LogP contribution in [-0.2, 0) is 0 Å². The maximum atomic E-state index is 12.7. The maximum Gasteiger partial charge on any atom is 0.273 e. The first kappa shape index (κ1) is 16.9.